The van der Waals surface area contributed by atoms with Crippen molar-refractivity contribution in [3.05, 3.63) is 35.4 Å². The van der Waals surface area contributed by atoms with Crippen molar-refractivity contribution in [1.29, 1.82) is 0 Å². The number of hydrogen-bond donors (Lipinski definition) is 1. The van der Waals surface area contributed by atoms with Crippen molar-refractivity contribution in [3.63, 3.8) is 0 Å². The van der Waals surface area contributed by atoms with Gasteiger partial charge in [-0.25, -0.2) is 0 Å². The van der Waals surface area contributed by atoms with Gasteiger partial charge in [0.05, 0.1) is 5.92 Å². The van der Waals surface area contributed by atoms with E-state index in [1.165, 1.54) is 0 Å². The van der Waals surface area contributed by atoms with Crippen LogP contribution < -0.4 is 0 Å². The first-order valence-corrected chi connectivity index (χ1v) is 6.40. The molecule has 1 aromatic rings. The van der Waals surface area contributed by atoms with E-state index in [1.54, 1.807) is 0 Å². The number of aliphatic carboxylic acids is 1. The molecule has 1 aliphatic rings. The van der Waals surface area contributed by atoms with Crippen LogP contribution in [0.2, 0.25) is 0 Å². The number of carbonyl (C=O) groups excluding carboxylic acids is 1. The molecule has 3 nitrogen and oxygen atoms in total. The van der Waals surface area contributed by atoms with Gasteiger partial charge in [-0.3, -0.25) is 9.59 Å². The molecular formula is C15H18O3. The van der Waals surface area contributed by atoms with Crippen LogP contribution in [0.4, 0.5) is 0 Å². The average molecular weight is 246 g/mol. The molecule has 1 fully saturated rings. The van der Waals surface area contributed by atoms with Gasteiger partial charge < -0.3 is 5.11 Å². The maximum absolute atomic E-state index is 12.1. The normalized spacial score (nSPS) is 22.9. The molecule has 0 saturated heterocycles. The third-order valence-corrected chi connectivity index (χ3v) is 3.80. The van der Waals surface area contributed by atoms with Crippen molar-refractivity contribution >= 4 is 11.8 Å². The van der Waals surface area contributed by atoms with Crippen LogP contribution in [0.5, 0.6) is 0 Å². The second kappa shape index (κ2) is 5.34. The monoisotopic (exact) mass is 246 g/mol. The van der Waals surface area contributed by atoms with E-state index in [0.717, 1.165) is 18.4 Å². The highest BCUT2D eigenvalue weighted by atomic mass is 16.4. The van der Waals surface area contributed by atoms with Gasteiger partial charge in [-0.15, -0.1) is 0 Å². The van der Waals surface area contributed by atoms with Gasteiger partial charge in [0.15, 0.2) is 5.78 Å². The highest BCUT2D eigenvalue weighted by Gasteiger charge is 2.34. The Morgan fingerprint density at radius 2 is 1.89 bits per heavy atom. The van der Waals surface area contributed by atoms with Gasteiger partial charge >= 0.3 is 5.97 Å². The van der Waals surface area contributed by atoms with E-state index in [9.17, 15) is 9.59 Å². The van der Waals surface area contributed by atoms with Crippen molar-refractivity contribution in [2.24, 2.45) is 11.8 Å². The first-order chi connectivity index (χ1) is 8.58. The minimum atomic E-state index is -0.755. The van der Waals surface area contributed by atoms with Gasteiger partial charge in [0.25, 0.3) is 0 Å². The number of aryl methyl sites for hydroxylation is 1. The van der Waals surface area contributed by atoms with E-state index in [2.05, 4.69) is 0 Å². The summed E-state index contributed by atoms with van der Waals surface area (Å²) >= 11 is 0. The van der Waals surface area contributed by atoms with Gasteiger partial charge in [0.2, 0.25) is 0 Å². The first kappa shape index (κ1) is 12.8. The van der Waals surface area contributed by atoms with Crippen LogP contribution in [0.25, 0.3) is 0 Å². The summed E-state index contributed by atoms with van der Waals surface area (Å²) < 4.78 is 0. The minimum Gasteiger partial charge on any atom is -0.481 e. The molecule has 0 amide bonds. The Morgan fingerprint density at radius 3 is 2.50 bits per heavy atom. The van der Waals surface area contributed by atoms with Crippen LogP contribution >= 0.6 is 0 Å². The number of ketones is 1. The lowest BCUT2D eigenvalue weighted by Crippen LogP contribution is -2.20. The smallest absolute Gasteiger partial charge is 0.306 e. The Labute approximate surface area is 107 Å². The van der Waals surface area contributed by atoms with Gasteiger partial charge in [0, 0.05) is 12.0 Å². The van der Waals surface area contributed by atoms with Crippen LogP contribution in [-0.4, -0.2) is 16.9 Å². The molecule has 0 radical (unpaired) electrons. The van der Waals surface area contributed by atoms with Gasteiger partial charge in [-0.1, -0.05) is 36.2 Å². The number of carbonyl (C=O) groups is 2. The zero-order valence-corrected chi connectivity index (χ0v) is 10.6. The molecule has 2 atom stereocenters. The summed E-state index contributed by atoms with van der Waals surface area (Å²) in [5, 5.41) is 9.09. The Morgan fingerprint density at radius 1 is 1.22 bits per heavy atom. The second-order valence-electron chi connectivity index (χ2n) is 5.13. The van der Waals surface area contributed by atoms with Gasteiger partial charge in [-0.05, 0) is 25.7 Å². The summed E-state index contributed by atoms with van der Waals surface area (Å²) in [6.07, 6.45) is 2.85. The molecule has 1 saturated carbocycles. The Hall–Kier alpha value is -1.64. The molecule has 3 heteroatoms. The largest absolute Gasteiger partial charge is 0.481 e. The molecule has 0 aromatic heterocycles. The van der Waals surface area contributed by atoms with E-state index in [-0.39, 0.29) is 17.6 Å². The van der Waals surface area contributed by atoms with Gasteiger partial charge in [-0.2, -0.15) is 0 Å². The fourth-order valence-corrected chi connectivity index (χ4v) is 2.70. The van der Waals surface area contributed by atoms with Crippen LogP contribution in [0.3, 0.4) is 0 Å². The lowest BCUT2D eigenvalue weighted by molar-refractivity contribution is -0.142. The molecule has 0 spiro atoms. The SMILES string of the molecule is Cc1ccc(C(=O)C[C@H]2CCC[C@@H]2C(=O)O)cc1. The topological polar surface area (TPSA) is 54.4 Å². The summed E-state index contributed by atoms with van der Waals surface area (Å²) in [6, 6.07) is 7.47. The summed E-state index contributed by atoms with van der Waals surface area (Å²) in [4.78, 5) is 23.2. The molecule has 0 bridgehead atoms. The molecule has 0 heterocycles. The number of Topliss-reactive ketones (excluding diaryl/α,β-unsaturated/α-hetero) is 1. The molecule has 96 valence electrons. The fourth-order valence-electron chi connectivity index (χ4n) is 2.70. The number of benzene rings is 1. The molecule has 1 N–H and O–H groups in total. The number of carboxylic acids is 1. The summed E-state index contributed by atoms with van der Waals surface area (Å²) in [6.45, 7) is 1.98. The number of rotatable bonds is 4. The van der Waals surface area contributed by atoms with Crippen LogP contribution in [-0.2, 0) is 4.79 Å². The molecule has 1 aromatic carbocycles. The van der Waals surface area contributed by atoms with E-state index in [1.807, 2.05) is 31.2 Å². The van der Waals surface area contributed by atoms with E-state index in [4.69, 9.17) is 5.11 Å². The van der Waals surface area contributed by atoms with Crippen molar-refractivity contribution in [3.8, 4) is 0 Å². The maximum Gasteiger partial charge on any atom is 0.306 e. The standard InChI is InChI=1S/C15H18O3/c1-10-5-7-11(8-6-10)14(16)9-12-3-2-4-13(12)15(17)18/h5-8,12-13H,2-4,9H2,1H3,(H,17,18)/t12-,13+/m1/s1. The minimum absolute atomic E-state index is 0.0105. The highest BCUT2D eigenvalue weighted by molar-refractivity contribution is 5.96. The predicted octanol–water partition coefficient (Wildman–Crippen LogP) is 3.07. The van der Waals surface area contributed by atoms with Crippen molar-refractivity contribution in [1.82, 2.24) is 0 Å². The third kappa shape index (κ3) is 2.78. The van der Waals surface area contributed by atoms with Crippen LogP contribution in [0.15, 0.2) is 24.3 Å². The van der Waals surface area contributed by atoms with Crippen LogP contribution in [0.1, 0.15) is 41.6 Å². The maximum atomic E-state index is 12.1. The molecular weight excluding hydrogens is 228 g/mol. The summed E-state index contributed by atoms with van der Waals surface area (Å²) in [5.41, 5.74) is 1.81. The summed E-state index contributed by atoms with van der Waals surface area (Å²) in [5.74, 6) is -1.02. The molecule has 0 unspecified atom stereocenters. The lowest BCUT2D eigenvalue weighted by Gasteiger charge is -2.14. The van der Waals surface area contributed by atoms with Crippen molar-refractivity contribution in [2.45, 2.75) is 32.6 Å². The van der Waals surface area contributed by atoms with E-state index >= 15 is 0 Å². The first-order valence-electron chi connectivity index (χ1n) is 6.40. The second-order valence-corrected chi connectivity index (χ2v) is 5.13. The molecule has 0 aliphatic heterocycles. The molecule has 2 rings (SSSR count). The van der Waals surface area contributed by atoms with Crippen molar-refractivity contribution in [2.75, 3.05) is 0 Å². The fraction of sp³-hybridized carbons (Fsp3) is 0.467. The lowest BCUT2D eigenvalue weighted by atomic mass is 9.89. The summed E-state index contributed by atoms with van der Waals surface area (Å²) in [7, 11) is 0. The van der Waals surface area contributed by atoms with Crippen molar-refractivity contribution < 1.29 is 14.7 Å². The predicted molar refractivity (Wildman–Crippen MR) is 68.6 cm³/mol. The van der Waals surface area contributed by atoms with E-state index < -0.39 is 5.97 Å². The van der Waals surface area contributed by atoms with E-state index in [0.29, 0.717) is 18.4 Å². The Balaban J connectivity index is 2.03. The zero-order valence-electron chi connectivity index (χ0n) is 10.6. The number of carboxylic acid groups (broad SMARTS) is 1. The van der Waals surface area contributed by atoms with Gasteiger partial charge in [0.1, 0.15) is 0 Å². The number of hydrogen-bond acceptors (Lipinski definition) is 2. The third-order valence-electron chi connectivity index (χ3n) is 3.80. The molecule has 1 aliphatic carbocycles. The Bertz CT molecular complexity index is 447. The van der Waals surface area contributed by atoms with Crippen LogP contribution in [0, 0.1) is 18.8 Å². The zero-order chi connectivity index (χ0) is 13.1. The average Bonchev–Trinajstić information content (AvgIpc) is 2.78. The molecule has 18 heavy (non-hydrogen) atoms. The highest BCUT2D eigenvalue weighted by Crippen LogP contribution is 2.35. The Kier molecular flexibility index (Phi) is 3.80. The quantitative estimate of drug-likeness (QED) is 0.831.